The van der Waals surface area contributed by atoms with E-state index in [1.807, 2.05) is 20.8 Å². The van der Waals surface area contributed by atoms with Gasteiger partial charge >= 0.3 is 5.97 Å². The molecule has 0 heterocycles. The van der Waals surface area contributed by atoms with Crippen LogP contribution in [0.15, 0.2) is 24.3 Å². The van der Waals surface area contributed by atoms with Crippen LogP contribution in [0.3, 0.4) is 0 Å². The molecule has 0 aliphatic carbocycles. The lowest BCUT2D eigenvalue weighted by Gasteiger charge is -2.18. The number of ether oxygens (including phenoxy) is 1. The summed E-state index contributed by atoms with van der Waals surface area (Å²) in [6.45, 7) is 5.16. The molecule has 6 nitrogen and oxygen atoms in total. The van der Waals surface area contributed by atoms with Crippen molar-refractivity contribution in [2.75, 3.05) is 23.9 Å². The van der Waals surface area contributed by atoms with Crippen molar-refractivity contribution in [1.82, 2.24) is 0 Å². The first-order valence-electron chi connectivity index (χ1n) is 9.27. The van der Waals surface area contributed by atoms with Crippen molar-refractivity contribution in [2.45, 2.75) is 51.7 Å². The van der Waals surface area contributed by atoms with E-state index in [9.17, 15) is 21.6 Å². The second-order valence-electron chi connectivity index (χ2n) is 6.77. The number of aryl methyl sites for hydroxylation is 1. The van der Waals surface area contributed by atoms with Gasteiger partial charge in [-0.2, -0.15) is 0 Å². The summed E-state index contributed by atoms with van der Waals surface area (Å²) in [6.07, 6.45) is 2.31. The summed E-state index contributed by atoms with van der Waals surface area (Å²) >= 11 is 0. The first kappa shape index (κ1) is 23.6. The molecule has 0 radical (unpaired) electrons. The molecule has 8 heteroatoms. The summed E-state index contributed by atoms with van der Waals surface area (Å²) in [7, 11) is -7.22. The molecule has 0 aliphatic rings. The Bertz CT molecular complexity index is 795. The average molecular weight is 419 g/mol. The van der Waals surface area contributed by atoms with E-state index in [1.54, 1.807) is 24.3 Å². The maximum Gasteiger partial charge on any atom is 0.338 e. The zero-order chi connectivity index (χ0) is 20.5. The second kappa shape index (κ2) is 10.8. The monoisotopic (exact) mass is 418 g/mol. The zero-order valence-electron chi connectivity index (χ0n) is 16.3. The Morgan fingerprint density at radius 1 is 0.963 bits per heavy atom. The molecule has 154 valence electrons. The third-order valence-electron chi connectivity index (χ3n) is 4.23. The molecule has 0 spiro atoms. The van der Waals surface area contributed by atoms with E-state index in [2.05, 4.69) is 0 Å². The van der Waals surface area contributed by atoms with Crippen molar-refractivity contribution in [2.24, 2.45) is 0 Å². The maximum atomic E-state index is 12.6. The largest absolute Gasteiger partial charge is 0.461 e. The first-order chi connectivity index (χ1) is 12.6. The third kappa shape index (κ3) is 8.43. The summed E-state index contributed by atoms with van der Waals surface area (Å²) in [5, 5.41) is -1.24. The van der Waals surface area contributed by atoms with Gasteiger partial charge in [0.25, 0.3) is 0 Å². The van der Waals surface area contributed by atoms with Gasteiger partial charge < -0.3 is 4.74 Å². The van der Waals surface area contributed by atoms with Crippen LogP contribution in [0, 0.1) is 6.92 Å². The molecule has 0 amide bonds. The third-order valence-corrected chi connectivity index (χ3v) is 8.43. The Balaban J connectivity index is 2.90. The number of hydrogen-bond donors (Lipinski definition) is 0. The molecular formula is C19H30O6S2. The fraction of sp³-hybridized carbons (Fsp3) is 0.632. The van der Waals surface area contributed by atoms with Crippen LogP contribution in [0.2, 0.25) is 0 Å². The molecule has 0 aromatic heterocycles. The molecule has 1 aromatic carbocycles. The highest BCUT2D eigenvalue weighted by Crippen LogP contribution is 2.13. The second-order valence-corrected chi connectivity index (χ2v) is 11.4. The molecule has 27 heavy (non-hydrogen) atoms. The molecule has 1 aromatic rings. The summed E-state index contributed by atoms with van der Waals surface area (Å²) in [5.74, 6) is -1.34. The maximum absolute atomic E-state index is 12.6. The van der Waals surface area contributed by atoms with Crippen molar-refractivity contribution < 1.29 is 26.4 Å². The number of carbonyl (C=O) groups excluding carboxylic acids is 1. The highest BCUT2D eigenvalue weighted by molar-refractivity contribution is 7.95. The van der Waals surface area contributed by atoms with Gasteiger partial charge in [0, 0.05) is 0 Å². The number of benzene rings is 1. The van der Waals surface area contributed by atoms with Gasteiger partial charge in [-0.05, 0) is 31.9 Å². The van der Waals surface area contributed by atoms with E-state index in [4.69, 9.17) is 4.74 Å². The van der Waals surface area contributed by atoms with Crippen molar-refractivity contribution in [3.63, 3.8) is 0 Å². The SMILES string of the molecule is CCCCS(=O)(=O)CC(COC(=O)c1ccc(C)cc1)S(=O)(=O)CCCC. The molecule has 0 bridgehead atoms. The molecule has 1 atom stereocenters. The number of esters is 1. The standard InChI is InChI=1S/C19H30O6S2/c1-4-6-12-26(21,22)15-18(27(23,24)13-7-5-2)14-25-19(20)17-10-8-16(3)9-11-17/h8-11,18H,4-7,12-15H2,1-3H3. The predicted molar refractivity (Wildman–Crippen MR) is 108 cm³/mol. The lowest BCUT2D eigenvalue weighted by molar-refractivity contribution is 0.0509. The number of rotatable bonds is 12. The van der Waals surface area contributed by atoms with Gasteiger partial charge in [0.2, 0.25) is 0 Å². The van der Waals surface area contributed by atoms with Crippen LogP contribution in [0.4, 0.5) is 0 Å². The molecule has 0 N–H and O–H groups in total. The fourth-order valence-corrected chi connectivity index (χ4v) is 6.75. The minimum Gasteiger partial charge on any atom is -0.461 e. The van der Waals surface area contributed by atoms with E-state index in [-0.39, 0.29) is 11.5 Å². The van der Waals surface area contributed by atoms with Gasteiger partial charge in [-0.3, -0.25) is 0 Å². The smallest absolute Gasteiger partial charge is 0.338 e. The van der Waals surface area contributed by atoms with Crippen LogP contribution in [0.5, 0.6) is 0 Å². The number of unbranched alkanes of at least 4 members (excludes halogenated alkanes) is 2. The summed E-state index contributed by atoms with van der Waals surface area (Å²) in [5.41, 5.74) is 1.28. The van der Waals surface area contributed by atoms with E-state index in [1.165, 1.54) is 0 Å². The van der Waals surface area contributed by atoms with Crippen LogP contribution in [0.1, 0.15) is 55.5 Å². The lowest BCUT2D eigenvalue weighted by atomic mass is 10.1. The summed E-state index contributed by atoms with van der Waals surface area (Å²) in [4.78, 5) is 12.2. The molecule has 1 rings (SSSR count). The molecule has 1 unspecified atom stereocenters. The van der Waals surface area contributed by atoms with E-state index < -0.39 is 43.3 Å². The lowest BCUT2D eigenvalue weighted by Crippen LogP contribution is -2.37. The van der Waals surface area contributed by atoms with Gasteiger partial charge in [0.1, 0.15) is 11.9 Å². The minimum absolute atomic E-state index is 0.0603. The highest BCUT2D eigenvalue weighted by atomic mass is 32.2. The Kier molecular flexibility index (Phi) is 9.45. The van der Waals surface area contributed by atoms with Crippen LogP contribution < -0.4 is 0 Å². The average Bonchev–Trinajstić information content (AvgIpc) is 2.62. The topological polar surface area (TPSA) is 94.6 Å². The van der Waals surface area contributed by atoms with Gasteiger partial charge in [-0.25, -0.2) is 21.6 Å². The number of carbonyl (C=O) groups is 1. The van der Waals surface area contributed by atoms with Gasteiger partial charge in [-0.1, -0.05) is 44.4 Å². The summed E-state index contributed by atoms with van der Waals surface area (Å²) < 4.78 is 54.9. The molecule has 0 saturated carbocycles. The molecule has 0 aliphatic heterocycles. The summed E-state index contributed by atoms with van der Waals surface area (Å²) in [6, 6.07) is 6.69. The quantitative estimate of drug-likeness (QED) is 0.484. The van der Waals surface area contributed by atoms with Crippen molar-refractivity contribution in [3.05, 3.63) is 35.4 Å². The van der Waals surface area contributed by atoms with Crippen molar-refractivity contribution in [1.29, 1.82) is 0 Å². The van der Waals surface area contributed by atoms with Gasteiger partial charge in [-0.15, -0.1) is 0 Å². The van der Waals surface area contributed by atoms with Gasteiger partial charge in [0.05, 0.1) is 22.8 Å². The molecule has 0 saturated heterocycles. The fourth-order valence-electron chi connectivity index (χ4n) is 2.44. The number of sulfone groups is 2. The van der Waals surface area contributed by atoms with Crippen LogP contribution in [-0.4, -0.2) is 51.9 Å². The van der Waals surface area contributed by atoms with Gasteiger partial charge in [0.15, 0.2) is 19.7 Å². The molecular weight excluding hydrogens is 388 g/mol. The number of hydrogen-bond acceptors (Lipinski definition) is 6. The minimum atomic E-state index is -3.68. The first-order valence-corrected chi connectivity index (χ1v) is 12.8. The normalized spacial score (nSPS) is 13.3. The van der Waals surface area contributed by atoms with E-state index in [0.717, 1.165) is 5.56 Å². The van der Waals surface area contributed by atoms with Crippen molar-refractivity contribution in [3.8, 4) is 0 Å². The Morgan fingerprint density at radius 3 is 2.07 bits per heavy atom. The van der Waals surface area contributed by atoms with Crippen LogP contribution in [0.25, 0.3) is 0 Å². The van der Waals surface area contributed by atoms with E-state index in [0.29, 0.717) is 31.2 Å². The Labute approximate surface area is 163 Å². The van der Waals surface area contributed by atoms with Crippen molar-refractivity contribution >= 4 is 25.6 Å². The van der Waals surface area contributed by atoms with Crippen LogP contribution in [-0.2, 0) is 24.4 Å². The van der Waals surface area contributed by atoms with E-state index >= 15 is 0 Å². The Hall–Kier alpha value is -1.41. The zero-order valence-corrected chi connectivity index (χ0v) is 17.9. The highest BCUT2D eigenvalue weighted by Gasteiger charge is 2.31. The molecule has 0 fully saturated rings. The van der Waals surface area contributed by atoms with Crippen LogP contribution >= 0.6 is 0 Å². The predicted octanol–water partition coefficient (Wildman–Crippen LogP) is 2.95. The Morgan fingerprint density at radius 2 is 1.52 bits per heavy atom.